The Morgan fingerprint density at radius 3 is 3.15 bits per heavy atom. The number of rotatable bonds is 3. The number of nitrogens with zero attached hydrogens (tertiary/aromatic N) is 2. The Kier molecular flexibility index (Phi) is 2.05. The van der Waals surface area contributed by atoms with Crippen molar-refractivity contribution in [2.45, 2.75) is 0 Å². The molecule has 0 saturated heterocycles. The molecule has 0 aliphatic carbocycles. The molecule has 0 aliphatic rings. The molecule has 0 unspecified atom stereocenters. The molecule has 5 nitrogen and oxygen atoms in total. The number of hydrogen-bond acceptors (Lipinski definition) is 5. The maximum absolute atomic E-state index is 10.3. The molecule has 0 spiro atoms. The van der Waals surface area contributed by atoms with E-state index in [1.165, 1.54) is 17.5 Å². The normalized spacial score (nSPS) is 9.85. The number of aromatic amines is 1. The number of hydrogen-bond donors (Lipinski definition) is 2. The summed E-state index contributed by atoms with van der Waals surface area (Å²) < 4.78 is 0. The number of anilines is 2. The third kappa shape index (κ3) is 1.73. The van der Waals surface area contributed by atoms with Gasteiger partial charge in [0.15, 0.2) is 11.4 Å². The summed E-state index contributed by atoms with van der Waals surface area (Å²) in [6.45, 7) is 0. The summed E-state index contributed by atoms with van der Waals surface area (Å²) in [7, 11) is 0. The molecule has 2 aromatic rings. The Labute approximate surface area is 77.8 Å². The minimum atomic E-state index is 0.599. The molecule has 0 radical (unpaired) electrons. The van der Waals surface area contributed by atoms with Crippen LogP contribution in [0.15, 0.2) is 18.5 Å². The lowest BCUT2D eigenvalue weighted by molar-refractivity contribution is 0.112. The zero-order chi connectivity index (χ0) is 9.10. The summed E-state index contributed by atoms with van der Waals surface area (Å²) in [6.07, 6.45) is 3.93. The Morgan fingerprint density at radius 2 is 2.54 bits per heavy atom. The Morgan fingerprint density at radius 1 is 1.62 bits per heavy atom. The fraction of sp³-hybridized carbons (Fsp3) is 0. The van der Waals surface area contributed by atoms with Crippen molar-refractivity contribution in [2.75, 3.05) is 5.32 Å². The lowest BCUT2D eigenvalue weighted by atomic mass is 10.6. The van der Waals surface area contributed by atoms with E-state index in [0.29, 0.717) is 10.0 Å². The van der Waals surface area contributed by atoms with Crippen LogP contribution in [-0.2, 0) is 0 Å². The van der Waals surface area contributed by atoms with Crippen molar-refractivity contribution in [3.8, 4) is 0 Å². The molecule has 0 atom stereocenters. The molecule has 0 amide bonds. The van der Waals surface area contributed by atoms with Crippen molar-refractivity contribution < 1.29 is 4.79 Å². The zero-order valence-corrected chi connectivity index (χ0v) is 7.34. The summed E-state index contributed by atoms with van der Waals surface area (Å²) in [4.78, 5) is 14.9. The highest BCUT2D eigenvalue weighted by Crippen LogP contribution is 2.19. The van der Waals surface area contributed by atoms with E-state index in [0.717, 1.165) is 12.1 Å². The first-order chi connectivity index (χ1) is 6.38. The second-order valence-electron chi connectivity index (χ2n) is 2.28. The SMILES string of the molecule is O=Cc1cnc(Nc2ccn[nH]2)s1. The van der Waals surface area contributed by atoms with Gasteiger partial charge in [0.25, 0.3) is 0 Å². The van der Waals surface area contributed by atoms with Crippen LogP contribution in [0.1, 0.15) is 9.67 Å². The molecule has 0 fully saturated rings. The van der Waals surface area contributed by atoms with Crippen LogP contribution in [0.25, 0.3) is 0 Å². The minimum absolute atomic E-state index is 0.599. The Balaban J connectivity index is 2.14. The molecule has 0 bridgehead atoms. The van der Waals surface area contributed by atoms with Crippen LogP contribution in [0.3, 0.4) is 0 Å². The highest BCUT2D eigenvalue weighted by molar-refractivity contribution is 7.17. The van der Waals surface area contributed by atoms with Crippen LogP contribution in [0.2, 0.25) is 0 Å². The second-order valence-corrected chi connectivity index (χ2v) is 3.34. The zero-order valence-electron chi connectivity index (χ0n) is 6.52. The van der Waals surface area contributed by atoms with Crippen molar-refractivity contribution in [3.63, 3.8) is 0 Å². The van der Waals surface area contributed by atoms with Crippen molar-refractivity contribution >= 4 is 28.6 Å². The van der Waals surface area contributed by atoms with Crippen molar-refractivity contribution in [1.29, 1.82) is 0 Å². The van der Waals surface area contributed by atoms with Gasteiger partial charge in [-0.1, -0.05) is 11.3 Å². The Hall–Kier alpha value is -1.69. The van der Waals surface area contributed by atoms with Gasteiger partial charge in [-0.15, -0.1) is 0 Å². The van der Waals surface area contributed by atoms with E-state index in [2.05, 4.69) is 20.5 Å². The van der Waals surface area contributed by atoms with Crippen LogP contribution in [0, 0.1) is 0 Å². The average molecular weight is 194 g/mol. The highest BCUT2D eigenvalue weighted by Gasteiger charge is 2.00. The van der Waals surface area contributed by atoms with E-state index in [4.69, 9.17) is 0 Å². The van der Waals surface area contributed by atoms with Crippen LogP contribution < -0.4 is 5.32 Å². The highest BCUT2D eigenvalue weighted by atomic mass is 32.1. The molecule has 0 aliphatic heterocycles. The molecule has 2 N–H and O–H groups in total. The fourth-order valence-electron chi connectivity index (χ4n) is 0.840. The second kappa shape index (κ2) is 3.36. The number of H-pyrrole nitrogens is 1. The quantitative estimate of drug-likeness (QED) is 0.725. The fourth-order valence-corrected chi connectivity index (χ4v) is 1.48. The first kappa shape index (κ1) is 7.93. The predicted molar refractivity (Wildman–Crippen MR) is 49.4 cm³/mol. The standard InChI is InChI=1S/C7H6N4OS/c12-4-5-3-8-7(13-5)10-6-1-2-9-11-6/h1-4H,(H2,8,9,10,11). The number of aldehydes is 1. The van der Waals surface area contributed by atoms with Gasteiger partial charge in [-0.2, -0.15) is 5.10 Å². The lowest BCUT2D eigenvalue weighted by Crippen LogP contribution is -1.88. The molecule has 0 saturated carbocycles. The first-order valence-corrected chi connectivity index (χ1v) is 4.37. The van der Waals surface area contributed by atoms with Gasteiger partial charge in [0.05, 0.1) is 17.3 Å². The van der Waals surface area contributed by atoms with E-state index in [-0.39, 0.29) is 0 Å². The number of thiazole rings is 1. The van der Waals surface area contributed by atoms with Crippen molar-refractivity contribution in [1.82, 2.24) is 15.2 Å². The third-order valence-corrected chi connectivity index (χ3v) is 2.22. The van der Waals surface area contributed by atoms with Crippen LogP contribution in [0.4, 0.5) is 10.9 Å². The summed E-state index contributed by atoms with van der Waals surface area (Å²) in [5, 5.41) is 10.1. The molecule has 2 heterocycles. The van der Waals surface area contributed by atoms with E-state index >= 15 is 0 Å². The number of carbonyl (C=O) groups excluding carboxylic acids is 1. The van der Waals surface area contributed by atoms with Crippen LogP contribution in [0.5, 0.6) is 0 Å². The monoisotopic (exact) mass is 194 g/mol. The van der Waals surface area contributed by atoms with E-state index in [9.17, 15) is 4.79 Å². The van der Waals surface area contributed by atoms with Gasteiger partial charge >= 0.3 is 0 Å². The lowest BCUT2D eigenvalue weighted by Gasteiger charge is -1.94. The summed E-state index contributed by atoms with van der Waals surface area (Å²) >= 11 is 1.29. The summed E-state index contributed by atoms with van der Waals surface area (Å²) in [6, 6.07) is 1.78. The molecule has 13 heavy (non-hydrogen) atoms. The van der Waals surface area contributed by atoms with E-state index in [1.807, 2.05) is 0 Å². The van der Waals surface area contributed by atoms with Crippen molar-refractivity contribution in [3.05, 3.63) is 23.3 Å². The molecule has 2 aromatic heterocycles. The van der Waals surface area contributed by atoms with Gasteiger partial charge in [0.2, 0.25) is 0 Å². The van der Waals surface area contributed by atoms with Crippen LogP contribution >= 0.6 is 11.3 Å². The minimum Gasteiger partial charge on any atom is -0.317 e. The van der Waals surface area contributed by atoms with Gasteiger partial charge in [-0.25, -0.2) is 4.98 Å². The topological polar surface area (TPSA) is 70.7 Å². The van der Waals surface area contributed by atoms with Gasteiger partial charge in [0.1, 0.15) is 5.82 Å². The number of aromatic nitrogens is 3. The molecular weight excluding hydrogens is 188 g/mol. The molecule has 6 heteroatoms. The number of carbonyl (C=O) groups is 1. The molecule has 0 aromatic carbocycles. The summed E-state index contributed by atoms with van der Waals surface area (Å²) in [5.41, 5.74) is 0. The predicted octanol–water partition coefficient (Wildman–Crippen LogP) is 1.42. The Bertz CT molecular complexity index is 394. The van der Waals surface area contributed by atoms with Crippen molar-refractivity contribution in [2.24, 2.45) is 0 Å². The van der Waals surface area contributed by atoms with Crippen LogP contribution in [-0.4, -0.2) is 21.5 Å². The average Bonchev–Trinajstić information content (AvgIpc) is 2.76. The smallest absolute Gasteiger partial charge is 0.188 e. The van der Waals surface area contributed by atoms with Gasteiger partial charge in [-0.05, 0) is 0 Å². The molecule has 66 valence electrons. The maximum Gasteiger partial charge on any atom is 0.188 e. The molecular formula is C7H6N4OS. The van der Waals surface area contributed by atoms with Gasteiger partial charge in [-0.3, -0.25) is 9.89 Å². The largest absolute Gasteiger partial charge is 0.317 e. The molecule has 2 rings (SSSR count). The van der Waals surface area contributed by atoms with Gasteiger partial charge < -0.3 is 5.32 Å². The first-order valence-electron chi connectivity index (χ1n) is 3.56. The van der Waals surface area contributed by atoms with E-state index in [1.54, 1.807) is 12.3 Å². The van der Waals surface area contributed by atoms with E-state index < -0.39 is 0 Å². The van der Waals surface area contributed by atoms with Gasteiger partial charge in [0, 0.05) is 6.07 Å². The number of nitrogens with one attached hydrogen (secondary N) is 2. The summed E-state index contributed by atoms with van der Waals surface area (Å²) in [5.74, 6) is 0.756. The maximum atomic E-state index is 10.3. The third-order valence-electron chi connectivity index (χ3n) is 1.38.